The van der Waals surface area contributed by atoms with Crippen molar-refractivity contribution >= 4 is 10.0 Å². The summed E-state index contributed by atoms with van der Waals surface area (Å²) in [5.74, 6) is 0.481. The molecule has 1 aromatic rings. The quantitative estimate of drug-likeness (QED) is 0.889. The summed E-state index contributed by atoms with van der Waals surface area (Å²) in [6.45, 7) is 4.74. The largest absolute Gasteiger partial charge is 0.393 e. The molecule has 19 heavy (non-hydrogen) atoms. The average Bonchev–Trinajstić information content (AvgIpc) is 2.70. The molecule has 2 fully saturated rings. The lowest BCUT2D eigenvalue weighted by atomic mass is 9.74. The molecule has 0 aromatic heterocycles. The fourth-order valence-electron chi connectivity index (χ4n) is 3.15. The SMILES string of the molecule is Cc1ccc(C)c(S(=O)(=O)N2C[C@H]3C[C@@H](O)[C@H]3C2)c1. The lowest BCUT2D eigenvalue weighted by Gasteiger charge is -2.34. The molecule has 0 amide bonds. The van der Waals surface area contributed by atoms with Crippen LogP contribution >= 0.6 is 0 Å². The topological polar surface area (TPSA) is 57.6 Å². The van der Waals surface area contributed by atoms with Crippen LogP contribution < -0.4 is 0 Å². The Morgan fingerprint density at radius 3 is 2.63 bits per heavy atom. The standard InChI is InChI=1S/C14H19NO3S/c1-9-3-4-10(2)14(5-9)19(17,18)15-7-11-6-13(16)12(11)8-15/h3-5,11-13,16H,6-8H2,1-2H3/t11-,12+,13-/m1/s1. The fraction of sp³-hybridized carbons (Fsp3) is 0.571. The van der Waals surface area contributed by atoms with Crippen molar-refractivity contribution in [2.75, 3.05) is 13.1 Å². The molecule has 0 radical (unpaired) electrons. The lowest BCUT2D eigenvalue weighted by molar-refractivity contribution is -0.00416. The molecule has 1 aliphatic carbocycles. The van der Waals surface area contributed by atoms with E-state index in [1.165, 1.54) is 0 Å². The molecule has 3 atom stereocenters. The third kappa shape index (κ3) is 2.00. The van der Waals surface area contributed by atoms with Gasteiger partial charge in [0, 0.05) is 19.0 Å². The Balaban J connectivity index is 1.93. The molecule has 0 unspecified atom stereocenters. The summed E-state index contributed by atoms with van der Waals surface area (Å²) in [5, 5.41) is 9.65. The molecule has 1 aliphatic heterocycles. The molecule has 5 heteroatoms. The van der Waals surface area contributed by atoms with Crippen LogP contribution in [0.25, 0.3) is 0 Å². The Morgan fingerprint density at radius 1 is 1.26 bits per heavy atom. The number of sulfonamides is 1. The normalized spacial score (nSPS) is 31.0. The molecular weight excluding hydrogens is 262 g/mol. The zero-order valence-electron chi connectivity index (χ0n) is 11.2. The van der Waals surface area contributed by atoms with Crippen LogP contribution in [0.2, 0.25) is 0 Å². The van der Waals surface area contributed by atoms with Gasteiger partial charge in [-0.15, -0.1) is 0 Å². The molecule has 104 valence electrons. The van der Waals surface area contributed by atoms with E-state index in [1.54, 1.807) is 10.4 Å². The minimum Gasteiger partial charge on any atom is -0.393 e. The third-order valence-corrected chi connectivity index (χ3v) is 6.43. The van der Waals surface area contributed by atoms with E-state index in [4.69, 9.17) is 0 Å². The van der Waals surface area contributed by atoms with E-state index in [9.17, 15) is 13.5 Å². The number of aryl methyl sites for hydroxylation is 2. The smallest absolute Gasteiger partial charge is 0.243 e. The first-order valence-corrected chi connectivity index (χ1v) is 8.09. The number of nitrogens with zero attached hydrogens (tertiary/aromatic N) is 1. The highest BCUT2D eigenvalue weighted by atomic mass is 32.2. The first-order chi connectivity index (χ1) is 8.89. The number of benzene rings is 1. The van der Waals surface area contributed by atoms with Gasteiger partial charge in [0.25, 0.3) is 0 Å². The van der Waals surface area contributed by atoms with E-state index in [1.807, 2.05) is 26.0 Å². The molecule has 4 nitrogen and oxygen atoms in total. The predicted octanol–water partition coefficient (Wildman–Crippen LogP) is 1.30. The minimum absolute atomic E-state index is 0.139. The van der Waals surface area contributed by atoms with Crippen LogP contribution in [-0.2, 0) is 10.0 Å². The van der Waals surface area contributed by atoms with E-state index < -0.39 is 10.0 Å². The second-order valence-electron chi connectivity index (χ2n) is 5.82. The van der Waals surface area contributed by atoms with Gasteiger partial charge >= 0.3 is 0 Å². The van der Waals surface area contributed by atoms with Crippen LogP contribution in [0.1, 0.15) is 17.5 Å². The van der Waals surface area contributed by atoms with E-state index in [-0.39, 0.29) is 12.0 Å². The fourth-order valence-corrected chi connectivity index (χ4v) is 4.99. The molecule has 1 N–H and O–H groups in total. The van der Waals surface area contributed by atoms with E-state index in [2.05, 4.69) is 0 Å². The van der Waals surface area contributed by atoms with Gasteiger partial charge < -0.3 is 5.11 Å². The third-order valence-electron chi connectivity index (χ3n) is 4.46. The van der Waals surface area contributed by atoms with Gasteiger partial charge in [-0.1, -0.05) is 12.1 Å². The average molecular weight is 281 g/mol. The van der Waals surface area contributed by atoms with Gasteiger partial charge in [0.1, 0.15) is 0 Å². The van der Waals surface area contributed by atoms with Crippen molar-refractivity contribution < 1.29 is 13.5 Å². The number of hydrogen-bond acceptors (Lipinski definition) is 3. The van der Waals surface area contributed by atoms with Gasteiger partial charge in [0.2, 0.25) is 10.0 Å². The van der Waals surface area contributed by atoms with Crippen LogP contribution in [0.15, 0.2) is 23.1 Å². The summed E-state index contributed by atoms with van der Waals surface area (Å²) in [7, 11) is -3.42. The highest BCUT2D eigenvalue weighted by Crippen LogP contribution is 2.42. The number of rotatable bonds is 2. The van der Waals surface area contributed by atoms with Crippen molar-refractivity contribution in [3.05, 3.63) is 29.3 Å². The van der Waals surface area contributed by atoms with E-state index >= 15 is 0 Å². The molecule has 0 spiro atoms. The number of aliphatic hydroxyl groups excluding tert-OH is 1. The molecule has 1 saturated heterocycles. The van der Waals surface area contributed by atoms with Crippen molar-refractivity contribution in [1.82, 2.24) is 4.31 Å². The molecule has 1 saturated carbocycles. The van der Waals surface area contributed by atoms with Gasteiger partial charge in [-0.05, 0) is 43.4 Å². The Hall–Kier alpha value is -0.910. The van der Waals surface area contributed by atoms with Crippen LogP contribution in [0, 0.1) is 25.7 Å². The van der Waals surface area contributed by atoms with Crippen molar-refractivity contribution in [3.8, 4) is 0 Å². The summed E-state index contributed by atoms with van der Waals surface area (Å²) in [5.41, 5.74) is 1.73. The molecule has 2 aliphatic rings. The van der Waals surface area contributed by atoms with Crippen molar-refractivity contribution in [2.24, 2.45) is 11.8 Å². The first kappa shape index (κ1) is 13.1. The lowest BCUT2D eigenvalue weighted by Crippen LogP contribution is -2.39. The van der Waals surface area contributed by atoms with Crippen LogP contribution in [-0.4, -0.2) is 37.0 Å². The second kappa shape index (κ2) is 4.30. The summed E-state index contributed by atoms with van der Waals surface area (Å²) >= 11 is 0. The Morgan fingerprint density at radius 2 is 2.00 bits per heavy atom. The molecule has 0 bridgehead atoms. The summed E-state index contributed by atoms with van der Waals surface area (Å²) in [6, 6.07) is 5.51. The summed E-state index contributed by atoms with van der Waals surface area (Å²) < 4.78 is 26.9. The highest BCUT2D eigenvalue weighted by Gasteiger charge is 2.49. The minimum atomic E-state index is -3.42. The van der Waals surface area contributed by atoms with Gasteiger partial charge in [0.05, 0.1) is 11.0 Å². The van der Waals surface area contributed by atoms with Crippen molar-refractivity contribution in [1.29, 1.82) is 0 Å². The van der Waals surface area contributed by atoms with E-state index in [0.29, 0.717) is 23.9 Å². The van der Waals surface area contributed by atoms with Crippen molar-refractivity contribution in [2.45, 2.75) is 31.3 Å². The van der Waals surface area contributed by atoms with Gasteiger partial charge in [-0.2, -0.15) is 4.31 Å². The summed E-state index contributed by atoms with van der Waals surface area (Å²) in [4.78, 5) is 0.406. The molecule has 3 rings (SSSR count). The number of aliphatic hydroxyl groups is 1. The summed E-state index contributed by atoms with van der Waals surface area (Å²) in [6.07, 6.45) is 0.424. The van der Waals surface area contributed by atoms with Crippen LogP contribution in [0.3, 0.4) is 0 Å². The zero-order valence-corrected chi connectivity index (χ0v) is 12.0. The first-order valence-electron chi connectivity index (χ1n) is 6.65. The van der Waals surface area contributed by atoms with E-state index in [0.717, 1.165) is 17.5 Å². The maximum atomic E-state index is 12.7. The monoisotopic (exact) mass is 281 g/mol. The Kier molecular flexibility index (Phi) is 2.96. The van der Waals surface area contributed by atoms with Gasteiger partial charge in [-0.3, -0.25) is 0 Å². The zero-order chi connectivity index (χ0) is 13.8. The second-order valence-corrected chi connectivity index (χ2v) is 7.72. The predicted molar refractivity (Wildman–Crippen MR) is 72.3 cm³/mol. The Bertz CT molecular complexity index is 611. The maximum absolute atomic E-state index is 12.7. The molecular formula is C14H19NO3S. The van der Waals surface area contributed by atoms with Crippen LogP contribution in [0.4, 0.5) is 0 Å². The molecule has 1 heterocycles. The highest BCUT2D eigenvalue weighted by molar-refractivity contribution is 7.89. The Labute approximate surface area is 114 Å². The molecule has 1 aromatic carbocycles. The van der Waals surface area contributed by atoms with Gasteiger partial charge in [0.15, 0.2) is 0 Å². The van der Waals surface area contributed by atoms with Gasteiger partial charge in [-0.25, -0.2) is 8.42 Å². The maximum Gasteiger partial charge on any atom is 0.243 e. The van der Waals surface area contributed by atoms with Crippen LogP contribution in [0.5, 0.6) is 0 Å². The number of fused-ring (bicyclic) bond motifs is 1. The number of hydrogen-bond donors (Lipinski definition) is 1. The van der Waals surface area contributed by atoms with Crippen molar-refractivity contribution in [3.63, 3.8) is 0 Å².